The van der Waals surface area contributed by atoms with Crippen LogP contribution in [0.5, 0.6) is 5.75 Å². The minimum Gasteiger partial charge on any atom is -0.494 e. The van der Waals surface area contributed by atoms with E-state index < -0.39 is 0 Å². The maximum Gasteiger partial charge on any atom is 0.221 e. The standard InChI is InChI=1S/C13H19FN2O2/c1-9(16-7-6-13(17)15-2)10-4-5-12(18-3)11(14)8-10/h4-5,8-9,16H,6-7H2,1-3H3,(H,15,17). The normalized spacial score (nSPS) is 12.0. The molecule has 1 amide bonds. The average molecular weight is 254 g/mol. The molecular formula is C13H19FN2O2. The van der Waals surface area contributed by atoms with Gasteiger partial charge >= 0.3 is 0 Å². The minimum atomic E-state index is -0.380. The summed E-state index contributed by atoms with van der Waals surface area (Å²) in [5.74, 6) is -0.165. The summed E-state index contributed by atoms with van der Waals surface area (Å²) in [6.45, 7) is 2.47. The fourth-order valence-corrected chi connectivity index (χ4v) is 1.60. The van der Waals surface area contributed by atoms with E-state index in [-0.39, 0.29) is 23.5 Å². The van der Waals surface area contributed by atoms with Crippen molar-refractivity contribution in [3.63, 3.8) is 0 Å². The summed E-state index contributed by atoms with van der Waals surface area (Å²) in [5.41, 5.74) is 0.824. The molecule has 0 fully saturated rings. The van der Waals surface area contributed by atoms with Gasteiger partial charge in [0.15, 0.2) is 11.6 Å². The highest BCUT2D eigenvalue weighted by Crippen LogP contribution is 2.21. The van der Waals surface area contributed by atoms with Gasteiger partial charge in [-0.25, -0.2) is 4.39 Å². The number of hydrogen-bond donors (Lipinski definition) is 2. The molecule has 0 saturated carbocycles. The highest BCUT2D eigenvalue weighted by atomic mass is 19.1. The second-order valence-corrected chi connectivity index (χ2v) is 3.99. The number of carbonyl (C=O) groups is 1. The van der Waals surface area contributed by atoms with Crippen molar-refractivity contribution in [2.24, 2.45) is 0 Å². The van der Waals surface area contributed by atoms with Gasteiger partial charge in [-0.15, -0.1) is 0 Å². The molecule has 0 bridgehead atoms. The SMILES string of the molecule is CNC(=O)CCNC(C)c1ccc(OC)c(F)c1. The van der Waals surface area contributed by atoms with Gasteiger partial charge in [-0.1, -0.05) is 6.07 Å². The molecule has 5 heteroatoms. The van der Waals surface area contributed by atoms with Crippen molar-refractivity contribution in [1.29, 1.82) is 0 Å². The van der Waals surface area contributed by atoms with Crippen LogP contribution in [0.1, 0.15) is 24.9 Å². The Morgan fingerprint density at radius 2 is 2.22 bits per heavy atom. The molecule has 100 valence electrons. The van der Waals surface area contributed by atoms with E-state index in [1.807, 2.05) is 6.92 Å². The molecule has 2 N–H and O–H groups in total. The third kappa shape index (κ3) is 4.00. The van der Waals surface area contributed by atoms with Crippen molar-refractivity contribution >= 4 is 5.91 Å². The highest BCUT2D eigenvalue weighted by Gasteiger charge is 2.09. The smallest absolute Gasteiger partial charge is 0.221 e. The zero-order valence-corrected chi connectivity index (χ0v) is 10.9. The van der Waals surface area contributed by atoms with E-state index in [1.54, 1.807) is 19.2 Å². The van der Waals surface area contributed by atoms with Crippen LogP contribution < -0.4 is 15.4 Å². The van der Waals surface area contributed by atoms with Gasteiger partial charge in [-0.05, 0) is 24.6 Å². The lowest BCUT2D eigenvalue weighted by Gasteiger charge is -2.14. The molecule has 0 spiro atoms. The lowest BCUT2D eigenvalue weighted by Crippen LogP contribution is -2.26. The van der Waals surface area contributed by atoms with Crippen LogP contribution >= 0.6 is 0 Å². The Kier molecular flexibility index (Phi) is 5.58. The third-order valence-electron chi connectivity index (χ3n) is 2.76. The molecule has 0 aliphatic heterocycles. The predicted molar refractivity (Wildman–Crippen MR) is 68.1 cm³/mol. The Balaban J connectivity index is 2.53. The van der Waals surface area contributed by atoms with Crippen LogP contribution in [0.15, 0.2) is 18.2 Å². The number of carbonyl (C=O) groups excluding carboxylic acids is 1. The minimum absolute atomic E-state index is 0.0180. The van der Waals surface area contributed by atoms with Gasteiger partial charge in [0.1, 0.15) is 0 Å². The molecule has 0 aromatic heterocycles. The number of hydrogen-bond acceptors (Lipinski definition) is 3. The van der Waals surface area contributed by atoms with E-state index in [0.29, 0.717) is 13.0 Å². The third-order valence-corrected chi connectivity index (χ3v) is 2.76. The number of methoxy groups -OCH3 is 1. The largest absolute Gasteiger partial charge is 0.494 e. The summed E-state index contributed by atoms with van der Waals surface area (Å²) in [6.07, 6.45) is 0.402. The molecule has 0 aliphatic carbocycles. The molecule has 1 rings (SSSR count). The van der Waals surface area contributed by atoms with E-state index in [1.165, 1.54) is 13.2 Å². The van der Waals surface area contributed by atoms with Crippen LogP contribution in [-0.4, -0.2) is 26.6 Å². The molecule has 0 heterocycles. The molecule has 0 radical (unpaired) electrons. The number of rotatable bonds is 6. The van der Waals surface area contributed by atoms with Crippen LogP contribution in [-0.2, 0) is 4.79 Å². The topological polar surface area (TPSA) is 50.4 Å². The van der Waals surface area contributed by atoms with Gasteiger partial charge in [0, 0.05) is 26.1 Å². The summed E-state index contributed by atoms with van der Waals surface area (Å²) in [6, 6.07) is 4.83. The van der Waals surface area contributed by atoms with Gasteiger partial charge in [-0.2, -0.15) is 0 Å². The molecule has 1 aromatic carbocycles. The van der Waals surface area contributed by atoms with Crippen molar-refractivity contribution in [1.82, 2.24) is 10.6 Å². The van der Waals surface area contributed by atoms with Gasteiger partial charge in [-0.3, -0.25) is 4.79 Å². The zero-order chi connectivity index (χ0) is 13.5. The molecular weight excluding hydrogens is 235 g/mol. The lowest BCUT2D eigenvalue weighted by molar-refractivity contribution is -0.120. The van der Waals surface area contributed by atoms with E-state index >= 15 is 0 Å². The number of amides is 1. The van der Waals surface area contributed by atoms with Crippen molar-refractivity contribution in [2.75, 3.05) is 20.7 Å². The molecule has 1 unspecified atom stereocenters. The second kappa shape index (κ2) is 6.96. The Morgan fingerprint density at radius 3 is 2.78 bits per heavy atom. The number of benzene rings is 1. The predicted octanol–water partition coefficient (Wildman–Crippen LogP) is 1.62. The average Bonchev–Trinajstić information content (AvgIpc) is 2.38. The summed E-state index contributed by atoms with van der Waals surface area (Å²) >= 11 is 0. The van der Waals surface area contributed by atoms with Crippen molar-refractivity contribution in [3.8, 4) is 5.75 Å². The Labute approximate surface area is 107 Å². The number of halogens is 1. The fraction of sp³-hybridized carbons (Fsp3) is 0.462. The molecule has 0 aliphatic rings. The van der Waals surface area contributed by atoms with Crippen molar-refractivity contribution < 1.29 is 13.9 Å². The van der Waals surface area contributed by atoms with Gasteiger partial charge in [0.05, 0.1) is 7.11 Å². The molecule has 18 heavy (non-hydrogen) atoms. The first-order chi connectivity index (χ1) is 8.58. The van der Waals surface area contributed by atoms with E-state index in [2.05, 4.69) is 10.6 Å². The Hall–Kier alpha value is -1.62. The van der Waals surface area contributed by atoms with E-state index in [4.69, 9.17) is 4.74 Å². The maximum atomic E-state index is 13.5. The van der Waals surface area contributed by atoms with Gasteiger partial charge in [0.2, 0.25) is 5.91 Å². The van der Waals surface area contributed by atoms with Gasteiger partial charge in [0.25, 0.3) is 0 Å². The van der Waals surface area contributed by atoms with Crippen molar-refractivity contribution in [2.45, 2.75) is 19.4 Å². The van der Waals surface area contributed by atoms with Gasteiger partial charge < -0.3 is 15.4 Å². The highest BCUT2D eigenvalue weighted by molar-refractivity contribution is 5.75. The van der Waals surface area contributed by atoms with Crippen LogP contribution in [0, 0.1) is 5.82 Å². The summed E-state index contributed by atoms with van der Waals surface area (Å²) in [7, 11) is 3.04. The second-order valence-electron chi connectivity index (χ2n) is 3.99. The number of ether oxygens (including phenoxy) is 1. The van der Waals surface area contributed by atoms with E-state index in [0.717, 1.165) is 5.56 Å². The zero-order valence-electron chi connectivity index (χ0n) is 10.9. The first kappa shape index (κ1) is 14.4. The van der Waals surface area contributed by atoms with Crippen LogP contribution in [0.2, 0.25) is 0 Å². The Bertz CT molecular complexity index is 410. The van der Waals surface area contributed by atoms with Crippen molar-refractivity contribution in [3.05, 3.63) is 29.6 Å². The maximum absolute atomic E-state index is 13.5. The Morgan fingerprint density at radius 1 is 1.50 bits per heavy atom. The summed E-state index contributed by atoms with van der Waals surface area (Å²) in [4.78, 5) is 11.0. The lowest BCUT2D eigenvalue weighted by atomic mass is 10.1. The van der Waals surface area contributed by atoms with E-state index in [9.17, 15) is 9.18 Å². The molecule has 1 atom stereocenters. The first-order valence-electron chi connectivity index (χ1n) is 5.86. The monoisotopic (exact) mass is 254 g/mol. The molecule has 1 aromatic rings. The van der Waals surface area contributed by atoms with Crippen LogP contribution in [0.25, 0.3) is 0 Å². The fourth-order valence-electron chi connectivity index (χ4n) is 1.60. The van der Waals surface area contributed by atoms with Crippen LogP contribution in [0.4, 0.5) is 4.39 Å². The quantitative estimate of drug-likeness (QED) is 0.811. The molecule has 4 nitrogen and oxygen atoms in total. The first-order valence-corrected chi connectivity index (χ1v) is 5.86. The summed E-state index contributed by atoms with van der Waals surface area (Å²) in [5, 5.41) is 5.71. The summed E-state index contributed by atoms with van der Waals surface area (Å²) < 4.78 is 18.4. The number of nitrogens with one attached hydrogen (secondary N) is 2. The van der Waals surface area contributed by atoms with Crippen LogP contribution in [0.3, 0.4) is 0 Å². The molecule has 0 saturated heterocycles.